The third-order valence-electron chi connectivity index (χ3n) is 5.43. The third-order valence-corrected chi connectivity index (χ3v) is 5.43. The summed E-state index contributed by atoms with van der Waals surface area (Å²) in [5, 5.41) is 12.1. The fourth-order valence-corrected chi connectivity index (χ4v) is 3.81. The quantitative estimate of drug-likeness (QED) is 0.212. The number of nitrogens with one attached hydrogen (secondary N) is 1. The molecule has 1 aliphatic carbocycles. The molecule has 0 aliphatic heterocycles. The van der Waals surface area contributed by atoms with Crippen molar-refractivity contribution >= 4 is 29.1 Å². The highest BCUT2D eigenvalue weighted by molar-refractivity contribution is 5.95. The highest BCUT2D eigenvalue weighted by Crippen LogP contribution is 2.33. The van der Waals surface area contributed by atoms with Crippen molar-refractivity contribution in [2.45, 2.75) is 32.0 Å². The van der Waals surface area contributed by atoms with Crippen LogP contribution in [0.5, 0.6) is 5.75 Å². The van der Waals surface area contributed by atoms with Crippen LogP contribution in [0.25, 0.3) is 0 Å². The van der Waals surface area contributed by atoms with E-state index in [1.54, 1.807) is 0 Å². The highest BCUT2D eigenvalue weighted by Gasteiger charge is 2.32. The average Bonchev–Trinajstić information content (AvgIpc) is 2.80. The Balaban J connectivity index is 0.00000210. The van der Waals surface area contributed by atoms with Gasteiger partial charge < -0.3 is 20.9 Å². The number of nitrogen functional groups attached to an aromatic ring is 1. The van der Waals surface area contributed by atoms with E-state index in [1.807, 2.05) is 0 Å². The lowest BCUT2D eigenvalue weighted by Gasteiger charge is -2.31. The molecule has 0 atom stereocenters. The van der Waals surface area contributed by atoms with Gasteiger partial charge in [0.05, 0.1) is 11.4 Å². The third kappa shape index (κ3) is 7.87. The molecule has 0 saturated heterocycles. The largest absolute Gasteiger partial charge is 0.573 e. The maximum atomic E-state index is 13.9. The van der Waals surface area contributed by atoms with Gasteiger partial charge in [0.2, 0.25) is 11.9 Å². The van der Waals surface area contributed by atoms with Crippen LogP contribution in [0.1, 0.15) is 25.7 Å². The Morgan fingerprint density at radius 2 is 1.86 bits per heavy atom. The molecule has 12 heteroatoms. The Bertz CT molecular complexity index is 1030. The Hall–Kier alpha value is -3.83. The van der Waals surface area contributed by atoms with Crippen molar-refractivity contribution in [3.05, 3.63) is 55.6 Å². The van der Waals surface area contributed by atoms with Crippen molar-refractivity contribution in [2.24, 2.45) is 11.8 Å². The molecule has 8 nitrogen and oxygen atoms in total. The number of hydrogen-bond acceptors (Lipinski definition) is 5. The Kier molecular flexibility index (Phi) is 9.43. The van der Waals surface area contributed by atoms with Crippen LogP contribution in [0.3, 0.4) is 0 Å². The van der Waals surface area contributed by atoms with E-state index in [2.05, 4.69) is 28.2 Å². The first-order valence-electron chi connectivity index (χ1n) is 10.6. The average molecular weight is 498 g/mol. The zero-order chi connectivity index (χ0) is 26.2. The van der Waals surface area contributed by atoms with Gasteiger partial charge in [-0.2, -0.15) is 4.39 Å². The summed E-state index contributed by atoms with van der Waals surface area (Å²) < 4.78 is 54.6. The zero-order valence-electron chi connectivity index (χ0n) is 18.7. The van der Waals surface area contributed by atoms with Crippen LogP contribution in [-0.4, -0.2) is 35.0 Å². The summed E-state index contributed by atoms with van der Waals surface area (Å²) in [7, 11) is 0. The lowest BCUT2D eigenvalue weighted by molar-refractivity contribution is -0.274. The van der Waals surface area contributed by atoms with Gasteiger partial charge in [-0.3, -0.25) is 9.69 Å². The summed E-state index contributed by atoms with van der Waals surface area (Å²) in [6.07, 6.45) is -2.91. The van der Waals surface area contributed by atoms with Crippen LogP contribution in [0.15, 0.2) is 49.7 Å². The maximum Gasteiger partial charge on any atom is 0.573 e. The van der Waals surface area contributed by atoms with Crippen molar-refractivity contribution in [3.8, 4) is 5.75 Å². The number of hydrogen-bond donors (Lipinski definition) is 3. The summed E-state index contributed by atoms with van der Waals surface area (Å²) in [6, 6.07) is 6.04. The Morgan fingerprint density at radius 1 is 1.20 bits per heavy atom. The van der Waals surface area contributed by atoms with E-state index in [0.29, 0.717) is 25.7 Å². The van der Waals surface area contributed by atoms with Gasteiger partial charge in [0.15, 0.2) is 0 Å². The highest BCUT2D eigenvalue weighted by atomic mass is 19.4. The van der Waals surface area contributed by atoms with Gasteiger partial charge in [-0.05, 0) is 55.9 Å². The van der Waals surface area contributed by atoms with Crippen LogP contribution >= 0.6 is 0 Å². The molecular weight excluding hydrogens is 472 g/mol. The normalized spacial score (nSPS) is 17.5. The minimum Gasteiger partial charge on any atom is -0.465 e. The van der Waals surface area contributed by atoms with Gasteiger partial charge in [0, 0.05) is 24.7 Å². The number of nitrogens with two attached hydrogens (primary N) is 1. The molecule has 1 aliphatic rings. The summed E-state index contributed by atoms with van der Waals surface area (Å²) in [4.78, 5) is 28.6. The number of alkyl halides is 3. The van der Waals surface area contributed by atoms with E-state index >= 15 is 0 Å². The second-order valence-electron chi connectivity index (χ2n) is 7.71. The van der Waals surface area contributed by atoms with E-state index in [0.717, 1.165) is 17.0 Å². The van der Waals surface area contributed by atoms with Gasteiger partial charge in [0.25, 0.3) is 0 Å². The number of carbonyl (C=O) groups excluding carboxylic acids is 1. The zero-order valence-corrected chi connectivity index (χ0v) is 18.7. The maximum absolute atomic E-state index is 13.9. The Labute approximate surface area is 199 Å². The minimum atomic E-state index is -4.85. The van der Waals surface area contributed by atoms with Crippen LogP contribution in [-0.2, 0) is 4.79 Å². The summed E-state index contributed by atoms with van der Waals surface area (Å²) >= 11 is 0. The molecule has 1 heterocycles. The lowest BCUT2D eigenvalue weighted by Crippen LogP contribution is -2.37. The molecule has 35 heavy (non-hydrogen) atoms. The SMILES string of the molecule is C=C.Nc1cc(OC(F)(F)F)ccc1NC(=O)C1CCC(CN(C(=O)O)c2cccnc2F)CC1. The topological polar surface area (TPSA) is 118 Å². The number of benzene rings is 1. The number of carboxylic acid groups (broad SMARTS) is 1. The summed E-state index contributed by atoms with van der Waals surface area (Å²) in [5.74, 6) is -2.16. The first-order valence-corrected chi connectivity index (χ1v) is 10.6. The van der Waals surface area contributed by atoms with Crippen LogP contribution in [0.4, 0.5) is 39.4 Å². The number of carbonyl (C=O) groups is 2. The number of rotatable bonds is 6. The van der Waals surface area contributed by atoms with E-state index in [9.17, 15) is 32.3 Å². The van der Waals surface area contributed by atoms with E-state index in [1.165, 1.54) is 24.4 Å². The van der Waals surface area contributed by atoms with Crippen LogP contribution in [0, 0.1) is 17.8 Å². The molecule has 0 spiro atoms. The monoisotopic (exact) mass is 498 g/mol. The molecule has 1 fully saturated rings. The van der Waals surface area contributed by atoms with Crippen molar-refractivity contribution < 1.29 is 37.0 Å². The number of nitrogens with zero attached hydrogens (tertiary/aromatic N) is 2. The summed E-state index contributed by atoms with van der Waals surface area (Å²) in [5.41, 5.74) is 5.70. The number of halogens is 4. The molecule has 2 amide bonds. The number of ether oxygens (including phenoxy) is 1. The molecule has 3 rings (SSSR count). The smallest absolute Gasteiger partial charge is 0.465 e. The molecule has 2 aromatic rings. The van der Waals surface area contributed by atoms with Crippen LogP contribution < -0.4 is 20.7 Å². The second kappa shape index (κ2) is 12.0. The van der Waals surface area contributed by atoms with Gasteiger partial charge in [-0.1, -0.05) is 0 Å². The summed E-state index contributed by atoms with van der Waals surface area (Å²) in [6.45, 7) is 6.07. The Morgan fingerprint density at radius 3 is 2.40 bits per heavy atom. The molecule has 4 N–H and O–H groups in total. The van der Waals surface area contributed by atoms with Gasteiger partial charge in [0.1, 0.15) is 11.4 Å². The van der Waals surface area contributed by atoms with Gasteiger partial charge in [-0.25, -0.2) is 9.78 Å². The molecule has 0 unspecified atom stereocenters. The molecule has 0 bridgehead atoms. The number of pyridine rings is 1. The lowest BCUT2D eigenvalue weighted by atomic mass is 9.81. The van der Waals surface area contributed by atoms with Crippen molar-refractivity contribution in [1.82, 2.24) is 4.98 Å². The minimum absolute atomic E-state index is 0.0693. The van der Waals surface area contributed by atoms with Crippen molar-refractivity contribution in [1.29, 1.82) is 0 Å². The first-order chi connectivity index (χ1) is 16.5. The van der Waals surface area contributed by atoms with E-state index in [-0.39, 0.29) is 41.3 Å². The number of anilines is 3. The molecule has 1 aromatic carbocycles. The van der Waals surface area contributed by atoms with Crippen molar-refractivity contribution in [2.75, 3.05) is 22.5 Å². The number of aromatic nitrogens is 1. The van der Waals surface area contributed by atoms with Crippen LogP contribution in [0.2, 0.25) is 0 Å². The predicted molar refractivity (Wildman–Crippen MR) is 122 cm³/mol. The molecular formula is C23H26F4N4O4. The molecule has 1 aromatic heterocycles. The van der Waals surface area contributed by atoms with E-state index in [4.69, 9.17) is 5.73 Å². The number of amides is 2. The predicted octanol–water partition coefficient (Wildman–Crippen LogP) is 5.43. The standard InChI is InChI=1S/C21H22F4N4O4.C2H4/c22-18-17(2-1-9-27-18)29(20(31)32)11-12-3-5-13(6-4-12)19(30)28-16-8-7-14(10-15(16)26)33-21(23,24)25;1-2/h1-2,7-10,12-13H,3-6,11,26H2,(H,28,30)(H,31,32);1-2H2. The fourth-order valence-electron chi connectivity index (χ4n) is 3.81. The first kappa shape index (κ1) is 27.4. The molecule has 0 radical (unpaired) electrons. The van der Waals surface area contributed by atoms with Gasteiger partial charge >= 0.3 is 12.5 Å². The second-order valence-corrected chi connectivity index (χ2v) is 7.71. The molecule has 1 saturated carbocycles. The molecule has 190 valence electrons. The van der Waals surface area contributed by atoms with E-state index < -0.39 is 24.2 Å². The fraction of sp³-hybridized carbons (Fsp3) is 0.348. The van der Waals surface area contributed by atoms with Crippen molar-refractivity contribution in [3.63, 3.8) is 0 Å². The van der Waals surface area contributed by atoms with Gasteiger partial charge in [-0.15, -0.1) is 26.3 Å².